The Balaban J connectivity index is 2.11. The third kappa shape index (κ3) is 2.56. The van der Waals surface area contributed by atoms with E-state index in [-0.39, 0.29) is 6.54 Å². The molecule has 2 heterocycles. The average Bonchev–Trinajstić information content (AvgIpc) is 2.90. The first-order valence-electron chi connectivity index (χ1n) is 6.21. The van der Waals surface area contributed by atoms with Gasteiger partial charge in [0.05, 0.1) is 6.54 Å². The van der Waals surface area contributed by atoms with Crippen LogP contribution in [-0.4, -0.2) is 19.7 Å². The summed E-state index contributed by atoms with van der Waals surface area (Å²) < 4.78 is 6.43. The van der Waals surface area contributed by atoms with Crippen molar-refractivity contribution in [2.24, 2.45) is 0 Å². The van der Waals surface area contributed by atoms with Gasteiger partial charge in [-0.05, 0) is 35.1 Å². The van der Waals surface area contributed by atoms with Crippen molar-refractivity contribution >= 4 is 28.5 Å². The molecule has 0 radical (unpaired) electrons. The maximum absolute atomic E-state index is 11.7. The molecule has 3 rings (SSSR count). The van der Waals surface area contributed by atoms with E-state index in [1.807, 2.05) is 0 Å². The molecule has 2 aromatic heterocycles. The molecule has 0 aliphatic carbocycles. The number of benzene rings is 1. The van der Waals surface area contributed by atoms with Crippen LogP contribution in [0.25, 0.3) is 11.0 Å². The van der Waals surface area contributed by atoms with E-state index in [0.29, 0.717) is 21.6 Å². The SMILES string of the molecule is Cc1cc2oc(=O)cc(Cn3cnc([N+](=O)[O-])n3)c2cc1Cl. The van der Waals surface area contributed by atoms with E-state index in [1.165, 1.54) is 17.1 Å². The molecule has 0 saturated heterocycles. The Morgan fingerprint density at radius 1 is 1.41 bits per heavy atom. The van der Waals surface area contributed by atoms with Crippen LogP contribution in [0.5, 0.6) is 0 Å². The minimum Gasteiger partial charge on any atom is -0.423 e. The summed E-state index contributed by atoms with van der Waals surface area (Å²) in [6, 6.07) is 4.67. The Hall–Kier alpha value is -2.74. The van der Waals surface area contributed by atoms with Gasteiger partial charge >= 0.3 is 11.6 Å². The highest BCUT2D eigenvalue weighted by atomic mass is 35.5. The lowest BCUT2D eigenvalue weighted by atomic mass is 10.1. The molecule has 3 aromatic rings. The van der Waals surface area contributed by atoms with Crippen LogP contribution in [0.15, 0.2) is 33.7 Å². The quantitative estimate of drug-likeness (QED) is 0.416. The van der Waals surface area contributed by atoms with Crippen molar-refractivity contribution in [1.29, 1.82) is 0 Å². The normalized spacial score (nSPS) is 11.0. The van der Waals surface area contributed by atoms with Gasteiger partial charge in [0.1, 0.15) is 5.58 Å². The summed E-state index contributed by atoms with van der Waals surface area (Å²) in [7, 11) is 0. The Morgan fingerprint density at radius 2 is 2.18 bits per heavy atom. The molecule has 0 aliphatic heterocycles. The van der Waals surface area contributed by atoms with Crippen LogP contribution in [0.3, 0.4) is 0 Å². The molecule has 0 spiro atoms. The third-order valence-electron chi connectivity index (χ3n) is 3.13. The van der Waals surface area contributed by atoms with Crippen LogP contribution in [0, 0.1) is 17.0 Å². The first kappa shape index (κ1) is 14.2. The van der Waals surface area contributed by atoms with Crippen molar-refractivity contribution in [3.05, 3.63) is 61.2 Å². The molecule has 0 atom stereocenters. The fourth-order valence-corrected chi connectivity index (χ4v) is 2.26. The number of nitro groups is 1. The summed E-state index contributed by atoms with van der Waals surface area (Å²) in [4.78, 5) is 25.1. The monoisotopic (exact) mass is 320 g/mol. The Morgan fingerprint density at radius 3 is 2.86 bits per heavy atom. The summed E-state index contributed by atoms with van der Waals surface area (Å²) in [6.07, 6.45) is 1.23. The van der Waals surface area contributed by atoms with Gasteiger partial charge in [0.15, 0.2) is 0 Å². The van der Waals surface area contributed by atoms with E-state index in [4.69, 9.17) is 16.0 Å². The molecule has 112 valence electrons. The summed E-state index contributed by atoms with van der Waals surface area (Å²) in [5.74, 6) is -0.499. The summed E-state index contributed by atoms with van der Waals surface area (Å²) in [5.41, 5.74) is 1.26. The van der Waals surface area contributed by atoms with Gasteiger partial charge in [-0.2, -0.15) is 4.68 Å². The number of aryl methyl sites for hydroxylation is 1. The fourth-order valence-electron chi connectivity index (χ4n) is 2.10. The second kappa shape index (κ2) is 5.23. The topological polar surface area (TPSA) is 104 Å². The van der Waals surface area contributed by atoms with Crippen LogP contribution < -0.4 is 5.63 Å². The van der Waals surface area contributed by atoms with E-state index >= 15 is 0 Å². The lowest BCUT2D eigenvalue weighted by molar-refractivity contribution is -0.394. The second-order valence-electron chi connectivity index (χ2n) is 4.69. The number of hydrogen-bond donors (Lipinski definition) is 0. The summed E-state index contributed by atoms with van der Waals surface area (Å²) >= 11 is 6.10. The van der Waals surface area contributed by atoms with Gasteiger partial charge in [0, 0.05) is 21.6 Å². The predicted octanol–water partition coefficient (Wildman–Crippen LogP) is 2.30. The van der Waals surface area contributed by atoms with E-state index < -0.39 is 16.5 Å². The Labute approximate surface area is 128 Å². The number of aromatic nitrogens is 3. The van der Waals surface area contributed by atoms with Crippen molar-refractivity contribution in [1.82, 2.24) is 14.8 Å². The highest BCUT2D eigenvalue weighted by molar-refractivity contribution is 6.32. The number of fused-ring (bicyclic) bond motifs is 1. The van der Waals surface area contributed by atoms with Crippen molar-refractivity contribution in [3.63, 3.8) is 0 Å². The summed E-state index contributed by atoms with van der Waals surface area (Å²) in [5, 5.41) is 15.5. The molecule has 9 heteroatoms. The minimum absolute atomic E-state index is 0.141. The maximum atomic E-state index is 11.7. The third-order valence-corrected chi connectivity index (χ3v) is 3.54. The number of hydrogen-bond acceptors (Lipinski definition) is 6. The highest BCUT2D eigenvalue weighted by Crippen LogP contribution is 2.25. The molecule has 22 heavy (non-hydrogen) atoms. The van der Waals surface area contributed by atoms with Gasteiger partial charge in [-0.1, -0.05) is 16.6 Å². The van der Waals surface area contributed by atoms with Crippen molar-refractivity contribution < 1.29 is 9.34 Å². The Kier molecular flexibility index (Phi) is 3.38. The van der Waals surface area contributed by atoms with E-state index in [9.17, 15) is 14.9 Å². The molecule has 0 amide bonds. The van der Waals surface area contributed by atoms with Crippen molar-refractivity contribution in [2.75, 3.05) is 0 Å². The molecule has 0 unspecified atom stereocenters. The maximum Gasteiger partial charge on any atom is 0.490 e. The van der Waals surface area contributed by atoms with Crippen LogP contribution in [0.4, 0.5) is 5.95 Å². The van der Waals surface area contributed by atoms with Gasteiger partial charge in [-0.3, -0.25) is 0 Å². The largest absolute Gasteiger partial charge is 0.490 e. The predicted molar refractivity (Wildman–Crippen MR) is 78.0 cm³/mol. The minimum atomic E-state index is -0.686. The smallest absolute Gasteiger partial charge is 0.423 e. The molecule has 8 nitrogen and oxygen atoms in total. The standard InChI is InChI=1S/C13H9ClN4O4/c1-7-2-11-9(4-10(7)14)8(3-12(19)22-11)5-17-6-15-13(16-17)18(20)21/h2-4,6H,5H2,1H3. The lowest BCUT2D eigenvalue weighted by Gasteiger charge is -2.06. The highest BCUT2D eigenvalue weighted by Gasteiger charge is 2.15. The van der Waals surface area contributed by atoms with Crippen LogP contribution in [-0.2, 0) is 6.54 Å². The first-order chi connectivity index (χ1) is 10.4. The van der Waals surface area contributed by atoms with E-state index in [2.05, 4.69) is 10.1 Å². The fraction of sp³-hybridized carbons (Fsp3) is 0.154. The van der Waals surface area contributed by atoms with Crippen molar-refractivity contribution in [3.8, 4) is 0 Å². The summed E-state index contributed by atoms with van der Waals surface area (Å²) in [6.45, 7) is 1.94. The van der Waals surface area contributed by atoms with E-state index in [0.717, 1.165) is 5.56 Å². The van der Waals surface area contributed by atoms with Gasteiger partial charge in [0.2, 0.25) is 6.33 Å². The van der Waals surface area contributed by atoms with Gasteiger partial charge in [-0.25, -0.2) is 4.79 Å². The van der Waals surface area contributed by atoms with Crippen LogP contribution >= 0.6 is 11.6 Å². The van der Waals surface area contributed by atoms with E-state index in [1.54, 1.807) is 19.1 Å². The average molecular weight is 321 g/mol. The second-order valence-corrected chi connectivity index (χ2v) is 5.09. The van der Waals surface area contributed by atoms with Gasteiger partial charge in [0.25, 0.3) is 0 Å². The van der Waals surface area contributed by atoms with Crippen LogP contribution in [0.2, 0.25) is 5.02 Å². The van der Waals surface area contributed by atoms with Gasteiger partial charge < -0.3 is 14.5 Å². The molecular formula is C13H9ClN4O4. The molecular weight excluding hydrogens is 312 g/mol. The molecule has 1 aromatic carbocycles. The zero-order valence-electron chi connectivity index (χ0n) is 11.3. The van der Waals surface area contributed by atoms with Crippen LogP contribution in [0.1, 0.15) is 11.1 Å². The zero-order chi connectivity index (χ0) is 15.9. The molecule has 0 saturated carbocycles. The molecule has 0 aliphatic rings. The number of nitrogens with zero attached hydrogens (tertiary/aromatic N) is 4. The van der Waals surface area contributed by atoms with Crippen molar-refractivity contribution in [2.45, 2.75) is 13.5 Å². The molecule has 0 bridgehead atoms. The molecule has 0 fully saturated rings. The number of rotatable bonds is 3. The lowest BCUT2D eigenvalue weighted by Crippen LogP contribution is -2.06. The number of halogens is 1. The molecule has 0 N–H and O–H groups in total. The van der Waals surface area contributed by atoms with Gasteiger partial charge in [-0.15, -0.1) is 0 Å². The first-order valence-corrected chi connectivity index (χ1v) is 6.58. The zero-order valence-corrected chi connectivity index (χ0v) is 12.1. The Bertz CT molecular complexity index is 947.